The molecule has 0 saturated carbocycles. The minimum Gasteiger partial charge on any atom is -0.494 e. The Kier molecular flexibility index (Phi) is 6.93. The molecule has 3 nitrogen and oxygen atoms in total. The highest BCUT2D eigenvalue weighted by Crippen LogP contribution is 2.34. The molecule has 5 heteroatoms. The number of rotatable bonds is 9. The first kappa shape index (κ1) is 16.9. The number of halogens is 1. The van der Waals surface area contributed by atoms with Crippen molar-refractivity contribution in [1.29, 1.82) is 0 Å². The van der Waals surface area contributed by atoms with Crippen LogP contribution >= 0.6 is 11.6 Å². The van der Waals surface area contributed by atoms with Crippen LogP contribution in [0.15, 0.2) is 24.3 Å². The second kappa shape index (κ2) is 8.20. The second-order valence-electron chi connectivity index (χ2n) is 4.97. The maximum atomic E-state index is 11.2. The summed E-state index contributed by atoms with van der Waals surface area (Å²) in [6, 6.07) is 7.07. The summed E-state index contributed by atoms with van der Waals surface area (Å²) in [5.74, 6) is -0.210. The van der Waals surface area contributed by atoms with Crippen molar-refractivity contribution in [2.24, 2.45) is 0 Å². The normalized spacial score (nSPS) is 13.7. The van der Waals surface area contributed by atoms with E-state index in [1.165, 1.54) is 0 Å². The van der Waals surface area contributed by atoms with Crippen molar-refractivity contribution in [3.63, 3.8) is 0 Å². The zero-order chi connectivity index (χ0) is 15.0. The SMILES string of the molecule is [B]C(CCCC)(CCCOc1ccc(Cl)cc1)C(=O)O. The van der Waals surface area contributed by atoms with E-state index in [9.17, 15) is 9.90 Å². The van der Waals surface area contributed by atoms with Crippen molar-refractivity contribution in [3.05, 3.63) is 29.3 Å². The van der Waals surface area contributed by atoms with Gasteiger partial charge in [-0.3, -0.25) is 4.79 Å². The zero-order valence-corrected chi connectivity index (χ0v) is 12.5. The van der Waals surface area contributed by atoms with Gasteiger partial charge in [0.25, 0.3) is 0 Å². The predicted molar refractivity (Wildman–Crippen MR) is 81.8 cm³/mol. The van der Waals surface area contributed by atoms with Gasteiger partial charge in [-0.1, -0.05) is 31.4 Å². The van der Waals surface area contributed by atoms with Gasteiger partial charge in [-0.2, -0.15) is 0 Å². The lowest BCUT2D eigenvalue weighted by Crippen LogP contribution is -2.24. The van der Waals surface area contributed by atoms with Crippen molar-refractivity contribution >= 4 is 25.4 Å². The fourth-order valence-corrected chi connectivity index (χ4v) is 2.07. The smallest absolute Gasteiger partial charge is 0.300 e. The highest BCUT2D eigenvalue weighted by molar-refractivity contribution is 6.30. The van der Waals surface area contributed by atoms with Gasteiger partial charge in [-0.25, -0.2) is 0 Å². The number of carboxylic acid groups (broad SMARTS) is 1. The molecule has 1 aromatic carbocycles. The quantitative estimate of drug-likeness (QED) is 0.551. The molecule has 1 aromatic rings. The number of hydrogen-bond donors (Lipinski definition) is 1. The van der Waals surface area contributed by atoms with Gasteiger partial charge < -0.3 is 9.84 Å². The van der Waals surface area contributed by atoms with E-state index < -0.39 is 11.3 Å². The average molecular weight is 295 g/mol. The molecule has 0 aliphatic carbocycles. The van der Waals surface area contributed by atoms with Gasteiger partial charge in [-0.05, 0) is 43.5 Å². The molecular weight excluding hydrogens is 274 g/mol. The summed E-state index contributed by atoms with van der Waals surface area (Å²) in [6.07, 6.45) is 3.28. The van der Waals surface area contributed by atoms with Gasteiger partial charge in [0, 0.05) is 10.3 Å². The lowest BCUT2D eigenvalue weighted by Gasteiger charge is -2.25. The van der Waals surface area contributed by atoms with E-state index in [1.54, 1.807) is 24.3 Å². The highest BCUT2D eigenvalue weighted by atomic mass is 35.5. The van der Waals surface area contributed by atoms with Gasteiger partial charge in [0.2, 0.25) is 0 Å². The molecule has 1 atom stereocenters. The van der Waals surface area contributed by atoms with Gasteiger partial charge in [0.15, 0.2) is 0 Å². The van der Waals surface area contributed by atoms with Crippen molar-refractivity contribution in [2.45, 2.75) is 44.3 Å². The standard InChI is InChI=1S/C15H20BClO3/c1-2-3-9-15(16,14(18)19)10-4-11-20-13-7-5-12(17)6-8-13/h5-8H,2-4,9-11H2,1H3,(H,18,19). The minimum atomic E-state index is -1.14. The van der Waals surface area contributed by atoms with E-state index in [1.807, 2.05) is 6.92 Å². The first-order chi connectivity index (χ1) is 9.48. The topological polar surface area (TPSA) is 46.5 Å². The molecule has 0 saturated heterocycles. The molecule has 1 unspecified atom stereocenters. The molecule has 2 radical (unpaired) electrons. The van der Waals surface area contributed by atoms with Gasteiger partial charge >= 0.3 is 5.97 Å². The Bertz CT molecular complexity index is 422. The predicted octanol–water partition coefficient (Wildman–Crippen LogP) is 4.10. The first-order valence-corrected chi connectivity index (χ1v) is 7.26. The summed E-state index contributed by atoms with van der Waals surface area (Å²) in [4.78, 5) is 11.2. The van der Waals surface area contributed by atoms with Crippen LogP contribution in [0.1, 0.15) is 39.0 Å². The van der Waals surface area contributed by atoms with Crippen LogP contribution in [-0.4, -0.2) is 25.5 Å². The molecule has 0 bridgehead atoms. The monoisotopic (exact) mass is 294 g/mol. The summed E-state index contributed by atoms with van der Waals surface area (Å²) in [7, 11) is 5.95. The average Bonchev–Trinajstić information content (AvgIpc) is 2.43. The third kappa shape index (κ3) is 5.45. The molecule has 0 aromatic heterocycles. The summed E-state index contributed by atoms with van der Waals surface area (Å²) in [5.41, 5.74) is 0. The molecule has 20 heavy (non-hydrogen) atoms. The van der Waals surface area contributed by atoms with Crippen molar-refractivity contribution in [3.8, 4) is 5.75 Å². The van der Waals surface area contributed by atoms with E-state index in [0.717, 1.165) is 18.6 Å². The van der Waals surface area contributed by atoms with Gasteiger partial charge in [0.1, 0.15) is 5.75 Å². The second-order valence-corrected chi connectivity index (χ2v) is 5.41. The third-order valence-electron chi connectivity index (χ3n) is 3.25. The third-order valence-corrected chi connectivity index (χ3v) is 3.50. The molecule has 0 heterocycles. The fourth-order valence-electron chi connectivity index (χ4n) is 1.94. The summed E-state index contributed by atoms with van der Waals surface area (Å²) in [6.45, 7) is 2.46. The molecule has 1 N–H and O–H groups in total. The number of carbonyl (C=O) groups is 1. The largest absolute Gasteiger partial charge is 0.494 e. The molecule has 108 valence electrons. The molecule has 0 spiro atoms. The van der Waals surface area contributed by atoms with Crippen LogP contribution in [0.25, 0.3) is 0 Å². The van der Waals surface area contributed by atoms with Crippen LogP contribution in [0.3, 0.4) is 0 Å². The minimum absolute atomic E-state index is 0.413. The van der Waals surface area contributed by atoms with Crippen molar-refractivity contribution in [2.75, 3.05) is 6.61 Å². The number of unbranched alkanes of at least 4 members (excludes halogenated alkanes) is 1. The molecular formula is C15H20BClO3. The Hall–Kier alpha value is -1.16. The summed E-state index contributed by atoms with van der Waals surface area (Å²) < 4.78 is 5.53. The van der Waals surface area contributed by atoms with E-state index in [-0.39, 0.29) is 0 Å². The lowest BCUT2D eigenvalue weighted by atomic mass is 9.63. The number of ether oxygens (including phenoxy) is 1. The first-order valence-electron chi connectivity index (χ1n) is 6.88. The molecule has 0 aliphatic rings. The van der Waals surface area contributed by atoms with E-state index in [2.05, 4.69) is 0 Å². The van der Waals surface area contributed by atoms with Crippen LogP contribution < -0.4 is 4.74 Å². The lowest BCUT2D eigenvalue weighted by molar-refractivity contribution is -0.141. The van der Waals surface area contributed by atoms with Crippen LogP contribution in [0, 0.1) is 0 Å². The van der Waals surface area contributed by atoms with Crippen molar-refractivity contribution in [1.82, 2.24) is 0 Å². The summed E-state index contributed by atoms with van der Waals surface area (Å²) in [5, 5.41) is 8.74. The Morgan fingerprint density at radius 3 is 2.45 bits per heavy atom. The Morgan fingerprint density at radius 1 is 1.30 bits per heavy atom. The molecule has 0 amide bonds. The van der Waals surface area contributed by atoms with Gasteiger partial charge in [-0.15, -0.1) is 0 Å². The maximum absolute atomic E-state index is 11.2. The molecule has 1 rings (SSSR count). The molecule has 0 aliphatic heterocycles. The highest BCUT2D eigenvalue weighted by Gasteiger charge is 2.30. The Labute approximate surface area is 126 Å². The van der Waals surface area contributed by atoms with Crippen LogP contribution in [0.4, 0.5) is 0 Å². The zero-order valence-electron chi connectivity index (χ0n) is 11.8. The maximum Gasteiger partial charge on any atom is 0.300 e. The van der Waals surface area contributed by atoms with E-state index in [4.69, 9.17) is 24.2 Å². The Balaban J connectivity index is 2.37. The van der Waals surface area contributed by atoms with E-state index >= 15 is 0 Å². The van der Waals surface area contributed by atoms with Crippen LogP contribution in [-0.2, 0) is 4.79 Å². The summed E-state index contributed by atoms with van der Waals surface area (Å²) >= 11 is 5.78. The number of benzene rings is 1. The van der Waals surface area contributed by atoms with Crippen LogP contribution in [0.5, 0.6) is 5.75 Å². The van der Waals surface area contributed by atoms with Gasteiger partial charge in [0.05, 0.1) is 14.5 Å². The number of hydrogen-bond acceptors (Lipinski definition) is 2. The van der Waals surface area contributed by atoms with E-state index in [0.29, 0.717) is 30.9 Å². The van der Waals surface area contributed by atoms with Crippen molar-refractivity contribution < 1.29 is 14.6 Å². The number of aliphatic carboxylic acids is 1. The fraction of sp³-hybridized carbons (Fsp3) is 0.533. The number of carboxylic acids is 1. The molecule has 0 fully saturated rings. The van der Waals surface area contributed by atoms with Crippen LogP contribution in [0.2, 0.25) is 10.3 Å². The Morgan fingerprint density at radius 2 is 1.90 bits per heavy atom.